The predicted molar refractivity (Wildman–Crippen MR) is 99.4 cm³/mol. The van der Waals surface area contributed by atoms with Crippen molar-refractivity contribution in [1.29, 1.82) is 0 Å². The van der Waals surface area contributed by atoms with E-state index in [-0.39, 0.29) is 17.8 Å². The molecular formula is C19H21FN4O3. The van der Waals surface area contributed by atoms with Crippen molar-refractivity contribution in [3.8, 4) is 0 Å². The highest BCUT2D eigenvalue weighted by Crippen LogP contribution is 2.17. The number of pyridine rings is 1. The van der Waals surface area contributed by atoms with Gasteiger partial charge in [-0.05, 0) is 43.3 Å². The first kappa shape index (κ1) is 18.6. The van der Waals surface area contributed by atoms with Crippen molar-refractivity contribution < 1.29 is 18.7 Å². The van der Waals surface area contributed by atoms with Crippen LogP contribution in [0.1, 0.15) is 17.3 Å². The van der Waals surface area contributed by atoms with Crippen LogP contribution in [-0.4, -0.2) is 54.7 Å². The van der Waals surface area contributed by atoms with Gasteiger partial charge in [-0.1, -0.05) is 0 Å². The lowest BCUT2D eigenvalue weighted by Gasteiger charge is -2.34. The van der Waals surface area contributed by atoms with Gasteiger partial charge < -0.3 is 19.9 Å². The number of hydrogen-bond acceptors (Lipinski definition) is 5. The Hall–Kier alpha value is -3.16. The second-order valence-electron chi connectivity index (χ2n) is 6.04. The van der Waals surface area contributed by atoms with Gasteiger partial charge in [0.2, 0.25) is 0 Å². The average Bonchev–Trinajstić information content (AvgIpc) is 2.70. The van der Waals surface area contributed by atoms with Crippen molar-refractivity contribution in [2.75, 3.05) is 43.0 Å². The van der Waals surface area contributed by atoms with Crippen LogP contribution in [0.4, 0.5) is 20.7 Å². The molecule has 0 aliphatic carbocycles. The minimum absolute atomic E-state index is 0.296. The summed E-state index contributed by atoms with van der Waals surface area (Å²) >= 11 is 0. The second-order valence-corrected chi connectivity index (χ2v) is 6.04. The minimum Gasteiger partial charge on any atom is -0.450 e. The van der Waals surface area contributed by atoms with E-state index in [2.05, 4.69) is 10.3 Å². The number of aromatic nitrogens is 1. The van der Waals surface area contributed by atoms with E-state index in [1.165, 1.54) is 24.3 Å². The lowest BCUT2D eigenvalue weighted by molar-refractivity contribution is 0.102. The zero-order chi connectivity index (χ0) is 19.2. The van der Waals surface area contributed by atoms with Crippen LogP contribution in [0.15, 0.2) is 42.6 Å². The van der Waals surface area contributed by atoms with E-state index in [1.807, 2.05) is 4.90 Å². The maximum atomic E-state index is 13.0. The van der Waals surface area contributed by atoms with Crippen LogP contribution in [0.3, 0.4) is 0 Å². The highest BCUT2D eigenvalue weighted by molar-refractivity contribution is 6.04. The van der Waals surface area contributed by atoms with E-state index >= 15 is 0 Å². The summed E-state index contributed by atoms with van der Waals surface area (Å²) in [5.41, 5.74) is 0.972. The predicted octanol–water partition coefficient (Wildman–Crippen LogP) is 2.75. The fraction of sp³-hybridized carbons (Fsp3) is 0.316. The summed E-state index contributed by atoms with van der Waals surface area (Å²) in [5.74, 6) is 0.0156. The minimum atomic E-state index is -0.360. The SMILES string of the molecule is CCOC(=O)N1CCN(c2cc(C(=O)Nc3ccc(F)cc3)ccn2)CC1. The number of benzene rings is 1. The third-order valence-corrected chi connectivity index (χ3v) is 4.24. The molecule has 8 heteroatoms. The van der Waals surface area contributed by atoms with Crippen LogP contribution in [0.5, 0.6) is 0 Å². The molecule has 142 valence electrons. The van der Waals surface area contributed by atoms with Gasteiger partial charge in [0.1, 0.15) is 11.6 Å². The van der Waals surface area contributed by atoms with Crippen molar-refractivity contribution in [2.45, 2.75) is 6.92 Å². The van der Waals surface area contributed by atoms with Gasteiger partial charge in [-0.25, -0.2) is 14.2 Å². The number of halogens is 1. The monoisotopic (exact) mass is 372 g/mol. The Balaban J connectivity index is 1.63. The molecule has 1 N–H and O–H groups in total. The molecule has 1 saturated heterocycles. The van der Waals surface area contributed by atoms with Crippen molar-refractivity contribution in [1.82, 2.24) is 9.88 Å². The highest BCUT2D eigenvalue weighted by atomic mass is 19.1. The van der Waals surface area contributed by atoms with Crippen LogP contribution in [0.2, 0.25) is 0 Å². The molecule has 0 spiro atoms. The van der Waals surface area contributed by atoms with E-state index in [4.69, 9.17) is 4.74 Å². The molecule has 1 fully saturated rings. The largest absolute Gasteiger partial charge is 0.450 e. The van der Waals surface area contributed by atoms with Gasteiger partial charge in [0.05, 0.1) is 6.61 Å². The van der Waals surface area contributed by atoms with Crippen LogP contribution in [0.25, 0.3) is 0 Å². The lowest BCUT2D eigenvalue weighted by atomic mass is 10.2. The summed E-state index contributed by atoms with van der Waals surface area (Å²) in [4.78, 5) is 32.2. The molecule has 7 nitrogen and oxygen atoms in total. The number of hydrogen-bond donors (Lipinski definition) is 1. The standard InChI is InChI=1S/C19H21FN4O3/c1-2-27-19(26)24-11-9-23(10-12-24)17-13-14(7-8-21-17)18(25)22-16-5-3-15(20)4-6-16/h3-8,13H,2,9-12H2,1H3,(H,22,25). The Morgan fingerprint density at radius 2 is 1.85 bits per heavy atom. The van der Waals surface area contributed by atoms with Crippen LogP contribution in [0, 0.1) is 5.82 Å². The molecule has 2 heterocycles. The van der Waals surface area contributed by atoms with Crippen molar-refractivity contribution in [3.05, 3.63) is 54.0 Å². The van der Waals surface area contributed by atoms with Gasteiger partial charge in [0, 0.05) is 43.6 Å². The first-order valence-corrected chi connectivity index (χ1v) is 8.76. The first-order chi connectivity index (χ1) is 13.1. The van der Waals surface area contributed by atoms with Gasteiger partial charge in [0.15, 0.2) is 0 Å². The molecular weight excluding hydrogens is 351 g/mol. The molecule has 3 rings (SSSR count). The van der Waals surface area contributed by atoms with Crippen molar-refractivity contribution >= 4 is 23.5 Å². The molecule has 0 bridgehead atoms. The van der Waals surface area contributed by atoms with Crippen molar-refractivity contribution in [3.63, 3.8) is 0 Å². The topological polar surface area (TPSA) is 74.8 Å². The molecule has 1 aromatic carbocycles. The smallest absolute Gasteiger partial charge is 0.409 e. The number of anilines is 2. The summed E-state index contributed by atoms with van der Waals surface area (Å²) < 4.78 is 18.0. The summed E-state index contributed by atoms with van der Waals surface area (Å²) in [6.07, 6.45) is 1.27. The van der Waals surface area contributed by atoms with E-state index in [9.17, 15) is 14.0 Å². The fourth-order valence-corrected chi connectivity index (χ4v) is 2.80. The number of carbonyl (C=O) groups is 2. The van der Waals surface area contributed by atoms with Crippen molar-refractivity contribution in [2.24, 2.45) is 0 Å². The fourth-order valence-electron chi connectivity index (χ4n) is 2.80. The third-order valence-electron chi connectivity index (χ3n) is 4.24. The number of nitrogens with one attached hydrogen (secondary N) is 1. The molecule has 0 radical (unpaired) electrons. The number of nitrogens with zero attached hydrogens (tertiary/aromatic N) is 3. The van der Waals surface area contributed by atoms with E-state index in [1.54, 1.807) is 30.2 Å². The van der Waals surface area contributed by atoms with Crippen LogP contribution in [-0.2, 0) is 4.74 Å². The van der Waals surface area contributed by atoms with E-state index < -0.39 is 0 Å². The number of ether oxygens (including phenoxy) is 1. The number of piperazine rings is 1. The Kier molecular flexibility index (Phi) is 5.85. The number of carbonyl (C=O) groups excluding carboxylic acids is 2. The molecule has 0 unspecified atom stereocenters. The maximum Gasteiger partial charge on any atom is 0.409 e. The molecule has 2 aromatic rings. The summed E-state index contributed by atoms with van der Waals surface area (Å²) in [7, 11) is 0. The molecule has 0 atom stereocenters. The van der Waals surface area contributed by atoms with Gasteiger partial charge in [-0.15, -0.1) is 0 Å². The Morgan fingerprint density at radius 1 is 1.15 bits per heavy atom. The van der Waals surface area contributed by atoms with Crippen LogP contribution < -0.4 is 10.2 Å². The second kappa shape index (κ2) is 8.48. The lowest BCUT2D eigenvalue weighted by Crippen LogP contribution is -2.49. The number of amides is 2. The van der Waals surface area contributed by atoms with Gasteiger partial charge in [-0.3, -0.25) is 4.79 Å². The van der Waals surface area contributed by atoms with E-state index in [0.29, 0.717) is 49.9 Å². The maximum absolute atomic E-state index is 13.0. The Morgan fingerprint density at radius 3 is 2.52 bits per heavy atom. The summed E-state index contributed by atoms with van der Waals surface area (Å²) in [6, 6.07) is 8.91. The molecule has 27 heavy (non-hydrogen) atoms. The van der Waals surface area contributed by atoms with Gasteiger partial charge >= 0.3 is 6.09 Å². The average molecular weight is 372 g/mol. The summed E-state index contributed by atoms with van der Waals surface area (Å²) in [6.45, 7) is 4.41. The molecule has 1 aromatic heterocycles. The Bertz CT molecular complexity index is 805. The first-order valence-electron chi connectivity index (χ1n) is 8.76. The van der Waals surface area contributed by atoms with E-state index in [0.717, 1.165) is 0 Å². The van der Waals surface area contributed by atoms with Crippen LogP contribution >= 0.6 is 0 Å². The summed E-state index contributed by atoms with van der Waals surface area (Å²) in [5, 5.41) is 2.73. The third kappa shape index (κ3) is 4.72. The molecule has 0 saturated carbocycles. The molecule has 1 aliphatic heterocycles. The normalized spacial score (nSPS) is 14.0. The quantitative estimate of drug-likeness (QED) is 0.893. The molecule has 2 amide bonds. The number of rotatable bonds is 4. The Labute approximate surface area is 156 Å². The highest BCUT2D eigenvalue weighted by Gasteiger charge is 2.23. The zero-order valence-corrected chi connectivity index (χ0v) is 15.0. The van der Waals surface area contributed by atoms with Gasteiger partial charge in [0.25, 0.3) is 5.91 Å². The molecule has 1 aliphatic rings. The zero-order valence-electron chi connectivity index (χ0n) is 15.0. The van der Waals surface area contributed by atoms with Gasteiger partial charge in [-0.2, -0.15) is 0 Å².